The minimum absolute atomic E-state index is 0.0598. The van der Waals surface area contributed by atoms with Gasteiger partial charge in [0.2, 0.25) is 0 Å². The Morgan fingerprint density at radius 1 is 0.391 bits per heavy atom. The van der Waals surface area contributed by atoms with E-state index < -0.39 is 67.3 Å². The fourth-order valence-corrected chi connectivity index (χ4v) is 10.8. The highest BCUT2D eigenvalue weighted by molar-refractivity contribution is 5.74. The van der Waals surface area contributed by atoms with Gasteiger partial charge in [0, 0.05) is 19.3 Å². The maximum atomic E-state index is 13.3. The van der Waals surface area contributed by atoms with E-state index >= 15 is 0 Å². The lowest BCUT2D eigenvalue weighted by atomic mass is 9.98. The van der Waals surface area contributed by atoms with E-state index in [1.807, 2.05) is 0 Å². The first-order valence-corrected chi connectivity index (χ1v) is 35.9. The molecule has 0 amide bonds. The normalized spacial score (nSPS) is 17.7. The molecule has 1 aliphatic rings. The molecule has 1 aliphatic heterocycles. The van der Waals surface area contributed by atoms with Crippen molar-refractivity contribution in [1.29, 1.82) is 0 Å². The molecule has 1 rings (SSSR count). The standard InChI is InChI=1S/C75H130O12/c1-4-7-10-13-16-19-22-25-28-31-34-37-40-43-46-49-52-55-58-61-67(76)83-64-66(85-68(77)62-59-56-53-50-47-44-41-38-35-32-29-26-23-20-17-14-11-8-5-2)65-84-75-73(71(80)70(79)72(87-75)74(81)82)86-69(78)63-60-57-54-51-48-45-42-39-36-33-30-27-24-21-18-15-12-9-6-3/h7,10,16,19,25-26,28-29,34,37,43,46,66,70-73,75,79-80H,4-6,8-9,11-15,17-18,20-24,27,30-33,35-36,38-42,44-45,47-65H2,1-3H3,(H,81,82)/b10-7-,19-16-,28-25-,29-26-,37-34-,46-43-. The summed E-state index contributed by atoms with van der Waals surface area (Å²) < 4.78 is 28.6. The molecule has 0 radical (unpaired) electrons. The Labute approximate surface area is 531 Å². The Morgan fingerprint density at radius 2 is 0.724 bits per heavy atom. The van der Waals surface area contributed by atoms with Gasteiger partial charge in [0.25, 0.3) is 0 Å². The highest BCUT2D eigenvalue weighted by atomic mass is 16.7. The fraction of sp³-hybridized carbons (Fsp3) is 0.787. The van der Waals surface area contributed by atoms with Gasteiger partial charge in [-0.25, -0.2) is 4.79 Å². The number of hydrogen-bond acceptors (Lipinski definition) is 11. The summed E-state index contributed by atoms with van der Waals surface area (Å²) >= 11 is 0. The summed E-state index contributed by atoms with van der Waals surface area (Å²) in [4.78, 5) is 51.5. The van der Waals surface area contributed by atoms with Gasteiger partial charge in [-0.2, -0.15) is 0 Å². The van der Waals surface area contributed by atoms with Crippen molar-refractivity contribution >= 4 is 23.9 Å². The van der Waals surface area contributed by atoms with Crippen molar-refractivity contribution in [1.82, 2.24) is 0 Å². The van der Waals surface area contributed by atoms with Crippen LogP contribution in [0.4, 0.5) is 0 Å². The molecule has 0 spiro atoms. The number of carbonyl (C=O) groups is 4. The number of carboxylic acids is 1. The molecular weight excluding hydrogens is 1090 g/mol. The van der Waals surface area contributed by atoms with Crippen LogP contribution in [0.25, 0.3) is 0 Å². The average molecular weight is 1220 g/mol. The molecular formula is C75H130O12. The Hall–Kier alpha value is -3.84. The number of carbonyl (C=O) groups excluding carboxylic acids is 3. The third-order valence-electron chi connectivity index (χ3n) is 16.3. The molecule has 6 unspecified atom stereocenters. The van der Waals surface area contributed by atoms with Crippen molar-refractivity contribution in [3.05, 3.63) is 72.9 Å². The number of hydrogen-bond donors (Lipinski definition) is 3. The molecule has 0 bridgehead atoms. The van der Waals surface area contributed by atoms with E-state index in [9.17, 15) is 34.5 Å². The lowest BCUT2D eigenvalue weighted by molar-refractivity contribution is -0.301. The quantitative estimate of drug-likeness (QED) is 0.0228. The van der Waals surface area contributed by atoms with Gasteiger partial charge in [0.05, 0.1) is 6.61 Å². The summed E-state index contributed by atoms with van der Waals surface area (Å²) in [5, 5.41) is 31.7. The van der Waals surface area contributed by atoms with E-state index in [1.165, 1.54) is 167 Å². The first-order chi connectivity index (χ1) is 42.6. The van der Waals surface area contributed by atoms with Crippen LogP contribution in [0.1, 0.15) is 329 Å². The first-order valence-electron chi connectivity index (χ1n) is 35.9. The second-order valence-electron chi connectivity index (χ2n) is 24.5. The number of ether oxygens (including phenoxy) is 5. The van der Waals surface area contributed by atoms with Crippen LogP contribution in [-0.4, -0.2) is 89.2 Å². The highest BCUT2D eigenvalue weighted by Crippen LogP contribution is 2.27. The number of esters is 3. The second kappa shape index (κ2) is 62.4. The summed E-state index contributed by atoms with van der Waals surface area (Å²) in [6.45, 7) is 5.91. The topological polar surface area (TPSA) is 175 Å². The minimum atomic E-state index is -1.91. The predicted molar refractivity (Wildman–Crippen MR) is 358 cm³/mol. The Morgan fingerprint density at radius 3 is 1.13 bits per heavy atom. The lowest BCUT2D eigenvalue weighted by Gasteiger charge is -2.40. The predicted octanol–water partition coefficient (Wildman–Crippen LogP) is 20.0. The first kappa shape index (κ1) is 81.2. The van der Waals surface area contributed by atoms with Crippen molar-refractivity contribution in [3.8, 4) is 0 Å². The van der Waals surface area contributed by atoms with Crippen molar-refractivity contribution in [2.75, 3.05) is 13.2 Å². The van der Waals surface area contributed by atoms with Crippen LogP contribution in [0.2, 0.25) is 0 Å². The summed E-state index contributed by atoms with van der Waals surface area (Å²) in [5.41, 5.74) is 0. The largest absolute Gasteiger partial charge is 0.479 e. The van der Waals surface area contributed by atoms with Crippen LogP contribution >= 0.6 is 0 Å². The van der Waals surface area contributed by atoms with Gasteiger partial charge in [0.1, 0.15) is 18.8 Å². The number of unbranched alkanes of at least 4 members (excludes halogenated alkanes) is 36. The monoisotopic (exact) mass is 1220 g/mol. The molecule has 1 saturated heterocycles. The highest BCUT2D eigenvalue weighted by Gasteiger charge is 2.50. The lowest BCUT2D eigenvalue weighted by Crippen LogP contribution is -2.61. The van der Waals surface area contributed by atoms with Crippen molar-refractivity contribution in [3.63, 3.8) is 0 Å². The summed E-state index contributed by atoms with van der Waals surface area (Å²) in [6, 6.07) is 0. The van der Waals surface area contributed by atoms with Crippen LogP contribution in [0.3, 0.4) is 0 Å². The van der Waals surface area contributed by atoms with E-state index in [-0.39, 0.29) is 25.9 Å². The van der Waals surface area contributed by atoms with Crippen LogP contribution in [-0.2, 0) is 42.9 Å². The third-order valence-corrected chi connectivity index (χ3v) is 16.3. The van der Waals surface area contributed by atoms with E-state index in [0.29, 0.717) is 19.3 Å². The SMILES string of the molecule is CC/C=C\C/C=C\C/C=C\C/C=C\C/C=C\CCCCCC(=O)OCC(COC1OC(C(=O)O)C(O)C(O)C1OC(=O)CCCCCCCCCCCCCCCCCCCCC)OC(=O)CCCCCCCCCCC/C=C\CCCCCCCC. The third kappa shape index (κ3) is 51.6. The van der Waals surface area contributed by atoms with E-state index in [2.05, 4.69) is 93.7 Å². The van der Waals surface area contributed by atoms with Crippen molar-refractivity contribution in [2.24, 2.45) is 0 Å². The maximum Gasteiger partial charge on any atom is 0.335 e. The molecule has 502 valence electrons. The number of aliphatic hydroxyl groups excluding tert-OH is 2. The van der Waals surface area contributed by atoms with E-state index in [0.717, 1.165) is 103 Å². The molecule has 0 aromatic heterocycles. The Kier molecular flexibility index (Phi) is 58.2. The fourth-order valence-electron chi connectivity index (χ4n) is 10.8. The summed E-state index contributed by atoms with van der Waals surface area (Å²) in [5.74, 6) is -3.14. The molecule has 87 heavy (non-hydrogen) atoms. The van der Waals surface area contributed by atoms with Crippen LogP contribution in [0, 0.1) is 0 Å². The van der Waals surface area contributed by atoms with E-state index in [1.54, 1.807) is 0 Å². The Bertz CT molecular complexity index is 1790. The molecule has 12 heteroatoms. The second-order valence-corrected chi connectivity index (χ2v) is 24.5. The van der Waals surface area contributed by atoms with Gasteiger partial charge in [-0.05, 0) is 89.9 Å². The van der Waals surface area contributed by atoms with Crippen LogP contribution in [0.5, 0.6) is 0 Å². The molecule has 1 heterocycles. The molecule has 3 N–H and O–H groups in total. The number of carboxylic acid groups (broad SMARTS) is 1. The van der Waals surface area contributed by atoms with Gasteiger partial charge >= 0.3 is 23.9 Å². The maximum absolute atomic E-state index is 13.3. The molecule has 12 nitrogen and oxygen atoms in total. The zero-order chi connectivity index (χ0) is 63.1. The van der Waals surface area contributed by atoms with Crippen molar-refractivity contribution in [2.45, 2.75) is 366 Å². The zero-order valence-corrected chi connectivity index (χ0v) is 55.8. The van der Waals surface area contributed by atoms with Gasteiger partial charge < -0.3 is 39.0 Å². The number of rotatable bonds is 62. The molecule has 0 aromatic carbocycles. The number of aliphatic hydroxyl groups is 2. The summed E-state index contributed by atoms with van der Waals surface area (Å²) in [6.07, 6.45) is 68.5. The summed E-state index contributed by atoms with van der Waals surface area (Å²) in [7, 11) is 0. The van der Waals surface area contributed by atoms with Crippen LogP contribution < -0.4 is 0 Å². The van der Waals surface area contributed by atoms with Gasteiger partial charge in [-0.15, -0.1) is 0 Å². The smallest absolute Gasteiger partial charge is 0.335 e. The van der Waals surface area contributed by atoms with Gasteiger partial charge in [0.15, 0.2) is 24.6 Å². The molecule has 6 atom stereocenters. The Balaban J connectivity index is 2.64. The minimum Gasteiger partial charge on any atom is -0.479 e. The number of allylic oxidation sites excluding steroid dienone is 12. The molecule has 0 saturated carbocycles. The number of aliphatic carboxylic acids is 1. The zero-order valence-electron chi connectivity index (χ0n) is 55.8. The van der Waals surface area contributed by atoms with E-state index in [4.69, 9.17) is 23.7 Å². The average Bonchev–Trinajstić information content (AvgIpc) is 2.56. The van der Waals surface area contributed by atoms with Crippen molar-refractivity contribution < 1.29 is 58.2 Å². The molecule has 1 fully saturated rings. The molecule has 0 aliphatic carbocycles. The molecule has 0 aromatic rings. The van der Waals surface area contributed by atoms with Crippen LogP contribution in [0.15, 0.2) is 72.9 Å². The van der Waals surface area contributed by atoms with Gasteiger partial charge in [-0.3, -0.25) is 14.4 Å². The van der Waals surface area contributed by atoms with Gasteiger partial charge in [-0.1, -0.05) is 293 Å².